The van der Waals surface area contributed by atoms with Crippen molar-refractivity contribution in [2.24, 2.45) is 5.92 Å². The lowest BCUT2D eigenvalue weighted by Gasteiger charge is -2.12. The van der Waals surface area contributed by atoms with Crippen LogP contribution in [0.2, 0.25) is 0 Å². The summed E-state index contributed by atoms with van der Waals surface area (Å²) in [7, 11) is 0. The SMILES string of the molecule is C=CCCCCCCCCC(CCCCCC/C=C\CCCCCCCC)C(=O)O. The minimum atomic E-state index is -0.585. The highest BCUT2D eigenvalue weighted by molar-refractivity contribution is 5.69. The second-order valence-corrected chi connectivity index (χ2v) is 9.04. The van der Waals surface area contributed by atoms with Gasteiger partial charge < -0.3 is 5.11 Å². The lowest BCUT2D eigenvalue weighted by Crippen LogP contribution is -2.13. The Morgan fingerprint density at radius 1 is 0.667 bits per heavy atom. The fraction of sp³-hybridized carbons (Fsp3) is 0.821. The lowest BCUT2D eigenvalue weighted by atomic mass is 9.94. The van der Waals surface area contributed by atoms with Crippen LogP contribution in [-0.4, -0.2) is 11.1 Å². The van der Waals surface area contributed by atoms with Crippen molar-refractivity contribution in [1.29, 1.82) is 0 Å². The van der Waals surface area contributed by atoms with E-state index in [1.807, 2.05) is 6.08 Å². The number of carbonyl (C=O) groups is 1. The molecule has 0 saturated carbocycles. The van der Waals surface area contributed by atoms with E-state index < -0.39 is 5.97 Å². The summed E-state index contributed by atoms with van der Waals surface area (Å²) in [5.74, 6) is -0.707. The molecule has 0 saturated heterocycles. The van der Waals surface area contributed by atoms with E-state index >= 15 is 0 Å². The molecule has 0 spiro atoms. The Bertz CT molecular complexity index is 399. The Hall–Kier alpha value is -1.05. The Morgan fingerprint density at radius 2 is 1.07 bits per heavy atom. The molecule has 0 heterocycles. The average molecular weight is 421 g/mol. The number of allylic oxidation sites excluding steroid dienone is 3. The van der Waals surface area contributed by atoms with Crippen LogP contribution in [0.25, 0.3) is 0 Å². The van der Waals surface area contributed by atoms with Gasteiger partial charge in [-0.15, -0.1) is 6.58 Å². The third-order valence-electron chi connectivity index (χ3n) is 6.12. The van der Waals surface area contributed by atoms with Gasteiger partial charge in [-0.1, -0.05) is 109 Å². The number of hydrogen-bond donors (Lipinski definition) is 1. The van der Waals surface area contributed by atoms with Crippen LogP contribution in [-0.2, 0) is 4.79 Å². The first-order valence-corrected chi connectivity index (χ1v) is 13.2. The van der Waals surface area contributed by atoms with Crippen molar-refractivity contribution in [2.75, 3.05) is 0 Å². The Morgan fingerprint density at radius 3 is 1.50 bits per heavy atom. The quantitative estimate of drug-likeness (QED) is 0.125. The van der Waals surface area contributed by atoms with Crippen molar-refractivity contribution < 1.29 is 9.90 Å². The number of carboxylic acids is 1. The molecule has 1 unspecified atom stereocenters. The Labute approximate surface area is 188 Å². The van der Waals surface area contributed by atoms with Crippen LogP contribution in [0.3, 0.4) is 0 Å². The zero-order valence-corrected chi connectivity index (χ0v) is 20.2. The monoisotopic (exact) mass is 420 g/mol. The Balaban J connectivity index is 3.49. The summed E-state index contributed by atoms with van der Waals surface area (Å²) in [4.78, 5) is 11.5. The topological polar surface area (TPSA) is 37.3 Å². The molecule has 0 aliphatic heterocycles. The van der Waals surface area contributed by atoms with Crippen LogP contribution >= 0.6 is 0 Å². The van der Waals surface area contributed by atoms with E-state index in [1.165, 1.54) is 103 Å². The van der Waals surface area contributed by atoms with Crippen molar-refractivity contribution >= 4 is 5.97 Å². The van der Waals surface area contributed by atoms with Crippen LogP contribution in [0.5, 0.6) is 0 Å². The first-order valence-electron chi connectivity index (χ1n) is 13.2. The molecule has 30 heavy (non-hydrogen) atoms. The normalized spacial score (nSPS) is 12.4. The lowest BCUT2D eigenvalue weighted by molar-refractivity contribution is -0.142. The number of unbranched alkanes of at least 4 members (excludes halogenated alkanes) is 16. The molecule has 0 fully saturated rings. The summed E-state index contributed by atoms with van der Waals surface area (Å²) < 4.78 is 0. The smallest absolute Gasteiger partial charge is 0.306 e. The van der Waals surface area contributed by atoms with Crippen LogP contribution in [0.15, 0.2) is 24.8 Å². The van der Waals surface area contributed by atoms with E-state index in [9.17, 15) is 9.90 Å². The third kappa shape index (κ3) is 21.7. The predicted molar refractivity (Wildman–Crippen MR) is 133 cm³/mol. The van der Waals surface area contributed by atoms with Crippen molar-refractivity contribution in [2.45, 2.75) is 142 Å². The molecule has 0 aliphatic carbocycles. The molecule has 2 nitrogen and oxygen atoms in total. The molecular formula is C28H52O2. The second-order valence-electron chi connectivity index (χ2n) is 9.04. The van der Waals surface area contributed by atoms with Crippen molar-refractivity contribution in [3.63, 3.8) is 0 Å². The first-order chi connectivity index (χ1) is 14.7. The molecule has 0 aromatic heterocycles. The van der Waals surface area contributed by atoms with Gasteiger partial charge in [-0.25, -0.2) is 0 Å². The number of rotatable bonds is 24. The van der Waals surface area contributed by atoms with Crippen LogP contribution < -0.4 is 0 Å². The molecule has 0 bridgehead atoms. The van der Waals surface area contributed by atoms with Gasteiger partial charge in [-0.2, -0.15) is 0 Å². The molecule has 2 heteroatoms. The summed E-state index contributed by atoms with van der Waals surface area (Å²) >= 11 is 0. The van der Waals surface area contributed by atoms with Gasteiger partial charge in [-0.05, 0) is 51.4 Å². The summed E-state index contributed by atoms with van der Waals surface area (Å²) in [5, 5.41) is 9.46. The maximum atomic E-state index is 11.5. The van der Waals surface area contributed by atoms with Gasteiger partial charge in [0.05, 0.1) is 5.92 Å². The summed E-state index contributed by atoms with van der Waals surface area (Å²) in [5.41, 5.74) is 0. The number of carboxylic acid groups (broad SMARTS) is 1. The van der Waals surface area contributed by atoms with E-state index in [0.717, 1.165) is 32.1 Å². The molecule has 1 N–H and O–H groups in total. The van der Waals surface area contributed by atoms with Gasteiger partial charge in [0.15, 0.2) is 0 Å². The van der Waals surface area contributed by atoms with E-state index in [4.69, 9.17) is 0 Å². The molecule has 0 aliphatic rings. The van der Waals surface area contributed by atoms with Crippen molar-refractivity contribution in [3.8, 4) is 0 Å². The molecule has 0 rings (SSSR count). The fourth-order valence-corrected chi connectivity index (χ4v) is 4.06. The fourth-order valence-electron chi connectivity index (χ4n) is 4.06. The van der Waals surface area contributed by atoms with Crippen LogP contribution in [0.1, 0.15) is 142 Å². The molecule has 1 atom stereocenters. The van der Waals surface area contributed by atoms with E-state index in [0.29, 0.717) is 0 Å². The van der Waals surface area contributed by atoms with Crippen molar-refractivity contribution in [3.05, 3.63) is 24.8 Å². The third-order valence-corrected chi connectivity index (χ3v) is 6.12. The highest BCUT2D eigenvalue weighted by atomic mass is 16.4. The van der Waals surface area contributed by atoms with E-state index in [2.05, 4.69) is 25.7 Å². The minimum absolute atomic E-state index is 0.122. The summed E-state index contributed by atoms with van der Waals surface area (Å²) in [6, 6.07) is 0. The van der Waals surface area contributed by atoms with Gasteiger partial charge in [-0.3, -0.25) is 4.79 Å². The average Bonchev–Trinajstić information content (AvgIpc) is 2.74. The molecule has 0 aromatic rings. The van der Waals surface area contributed by atoms with Gasteiger partial charge in [0, 0.05) is 0 Å². The Kier molecular flexibility index (Phi) is 23.4. The molecule has 0 aromatic carbocycles. The van der Waals surface area contributed by atoms with Crippen LogP contribution in [0.4, 0.5) is 0 Å². The van der Waals surface area contributed by atoms with Crippen molar-refractivity contribution in [1.82, 2.24) is 0 Å². The largest absolute Gasteiger partial charge is 0.481 e. The highest BCUT2D eigenvalue weighted by Gasteiger charge is 2.16. The number of hydrogen-bond acceptors (Lipinski definition) is 1. The standard InChI is InChI=1S/C28H52O2/c1-3-5-7-9-11-13-14-15-16-17-18-20-22-24-26-27(28(29)30)25-23-21-19-12-10-8-6-4-2/h4,15-16,27H,2-3,5-14,17-26H2,1H3,(H,29,30)/b16-15-. The van der Waals surface area contributed by atoms with Gasteiger partial charge in [0.1, 0.15) is 0 Å². The number of aliphatic carboxylic acids is 1. The molecular weight excluding hydrogens is 368 g/mol. The molecule has 0 radical (unpaired) electrons. The van der Waals surface area contributed by atoms with Gasteiger partial charge in [0.25, 0.3) is 0 Å². The minimum Gasteiger partial charge on any atom is -0.481 e. The highest BCUT2D eigenvalue weighted by Crippen LogP contribution is 2.19. The maximum Gasteiger partial charge on any atom is 0.306 e. The summed E-state index contributed by atoms with van der Waals surface area (Å²) in [6.07, 6.45) is 32.2. The second kappa shape index (κ2) is 24.2. The van der Waals surface area contributed by atoms with Gasteiger partial charge in [0.2, 0.25) is 0 Å². The zero-order valence-electron chi connectivity index (χ0n) is 20.2. The zero-order chi connectivity index (χ0) is 22.1. The summed E-state index contributed by atoms with van der Waals surface area (Å²) in [6.45, 7) is 6.02. The maximum absolute atomic E-state index is 11.5. The van der Waals surface area contributed by atoms with Gasteiger partial charge >= 0.3 is 5.97 Å². The predicted octanol–water partition coefficient (Wildman–Crippen LogP) is 9.64. The van der Waals surface area contributed by atoms with E-state index in [1.54, 1.807) is 0 Å². The first kappa shape index (κ1) is 28.9. The van der Waals surface area contributed by atoms with E-state index in [-0.39, 0.29) is 5.92 Å². The van der Waals surface area contributed by atoms with Crippen LogP contribution in [0, 0.1) is 5.92 Å². The molecule has 0 amide bonds. The molecule has 176 valence electrons.